The predicted molar refractivity (Wildman–Crippen MR) is 129 cm³/mol. The molecule has 0 aliphatic carbocycles. The van der Waals surface area contributed by atoms with Gasteiger partial charge in [-0.15, -0.1) is 0 Å². The topological polar surface area (TPSA) is 62.4 Å². The number of anilines is 1. The van der Waals surface area contributed by atoms with Crippen molar-refractivity contribution >= 4 is 27.9 Å². The summed E-state index contributed by atoms with van der Waals surface area (Å²) in [7, 11) is 0. The van der Waals surface area contributed by atoms with Crippen molar-refractivity contribution in [3.8, 4) is 6.07 Å². The molecular weight excluding hydrogens is 453 g/mol. The van der Waals surface area contributed by atoms with Crippen LogP contribution in [-0.4, -0.2) is 22.6 Å². The highest BCUT2D eigenvalue weighted by Crippen LogP contribution is 2.36. The Morgan fingerprint density at radius 3 is 2.74 bits per heavy atom. The molecular formula is C27H23F3N4O. The summed E-state index contributed by atoms with van der Waals surface area (Å²) in [5.74, 6) is 0.550. The molecule has 3 heterocycles. The van der Waals surface area contributed by atoms with E-state index in [1.54, 1.807) is 18.3 Å². The van der Waals surface area contributed by atoms with Gasteiger partial charge < -0.3 is 10.1 Å². The van der Waals surface area contributed by atoms with Gasteiger partial charge in [0, 0.05) is 17.6 Å². The van der Waals surface area contributed by atoms with E-state index >= 15 is 0 Å². The second-order valence-corrected chi connectivity index (χ2v) is 8.70. The van der Waals surface area contributed by atoms with E-state index < -0.39 is 17.8 Å². The van der Waals surface area contributed by atoms with Crippen molar-refractivity contribution < 1.29 is 17.9 Å². The lowest BCUT2D eigenvalue weighted by Gasteiger charge is -2.22. The van der Waals surface area contributed by atoms with Gasteiger partial charge in [-0.3, -0.25) is 4.40 Å². The molecule has 178 valence electrons. The van der Waals surface area contributed by atoms with Gasteiger partial charge in [0.2, 0.25) is 0 Å². The largest absolute Gasteiger partial charge is 0.416 e. The smallest absolute Gasteiger partial charge is 0.377 e. The maximum absolute atomic E-state index is 13.5. The zero-order valence-corrected chi connectivity index (χ0v) is 19.3. The summed E-state index contributed by atoms with van der Waals surface area (Å²) >= 11 is 0. The van der Waals surface area contributed by atoms with Crippen LogP contribution in [0.5, 0.6) is 0 Å². The summed E-state index contributed by atoms with van der Waals surface area (Å²) in [4.78, 5) is 4.76. The summed E-state index contributed by atoms with van der Waals surface area (Å²) in [6, 6.07) is 13.7. The number of ether oxygens (including phenoxy) is 1. The molecule has 1 atom stereocenters. The van der Waals surface area contributed by atoms with Gasteiger partial charge in [-0.2, -0.15) is 18.4 Å². The lowest BCUT2D eigenvalue weighted by Crippen LogP contribution is -2.14. The zero-order chi connectivity index (χ0) is 24.7. The van der Waals surface area contributed by atoms with Gasteiger partial charge >= 0.3 is 6.18 Å². The molecule has 2 aromatic heterocycles. The average Bonchev–Trinajstić information content (AvgIpc) is 3.27. The van der Waals surface area contributed by atoms with Crippen molar-refractivity contribution in [1.82, 2.24) is 9.38 Å². The highest BCUT2D eigenvalue weighted by atomic mass is 19.4. The highest BCUT2D eigenvalue weighted by Gasteiger charge is 2.33. The van der Waals surface area contributed by atoms with Crippen molar-refractivity contribution in [2.24, 2.45) is 0 Å². The van der Waals surface area contributed by atoms with E-state index in [0.717, 1.165) is 29.0 Å². The maximum Gasteiger partial charge on any atom is 0.416 e. The minimum Gasteiger partial charge on any atom is -0.377 e. The first-order valence-corrected chi connectivity index (χ1v) is 11.3. The van der Waals surface area contributed by atoms with Gasteiger partial charge in [-0.05, 0) is 60.7 Å². The summed E-state index contributed by atoms with van der Waals surface area (Å²) < 4.78 is 47.7. The maximum atomic E-state index is 13.5. The molecule has 1 aliphatic rings. The third-order valence-electron chi connectivity index (χ3n) is 6.50. The Kier molecular flexibility index (Phi) is 5.73. The zero-order valence-electron chi connectivity index (χ0n) is 19.3. The third-order valence-corrected chi connectivity index (χ3v) is 6.50. The van der Waals surface area contributed by atoms with E-state index in [2.05, 4.69) is 17.5 Å². The number of hydrogen-bond acceptors (Lipinski definition) is 4. The van der Waals surface area contributed by atoms with Crippen LogP contribution in [0.3, 0.4) is 0 Å². The number of hydrogen-bond donors (Lipinski definition) is 1. The molecule has 1 unspecified atom stereocenters. The van der Waals surface area contributed by atoms with Gasteiger partial charge in [0.15, 0.2) is 0 Å². The molecule has 5 nitrogen and oxygen atoms in total. The van der Waals surface area contributed by atoms with Crippen LogP contribution in [0, 0.1) is 18.3 Å². The monoisotopic (exact) mass is 476 g/mol. The SMILES string of the molecule is Cc1c(C(C)Nc2nc3cc(C#N)cn3c3ccc(C4=CCOCC4)cc23)cccc1C(F)(F)F. The van der Waals surface area contributed by atoms with E-state index in [9.17, 15) is 18.4 Å². The number of benzene rings is 2. The van der Waals surface area contributed by atoms with E-state index in [1.807, 2.05) is 29.5 Å². The summed E-state index contributed by atoms with van der Waals surface area (Å²) in [5, 5.41) is 13.6. The molecule has 2 aromatic carbocycles. The first-order valence-electron chi connectivity index (χ1n) is 11.3. The fraction of sp³-hybridized carbons (Fsp3) is 0.259. The summed E-state index contributed by atoms with van der Waals surface area (Å²) in [5.41, 5.74) is 4.23. The second kappa shape index (κ2) is 8.75. The Balaban J connectivity index is 1.64. The first-order chi connectivity index (χ1) is 16.8. The molecule has 0 bridgehead atoms. The molecule has 0 spiro atoms. The van der Waals surface area contributed by atoms with Crippen LogP contribution < -0.4 is 5.32 Å². The van der Waals surface area contributed by atoms with Gasteiger partial charge in [0.1, 0.15) is 17.5 Å². The summed E-state index contributed by atoms with van der Waals surface area (Å²) in [6.45, 7) is 4.53. The predicted octanol–water partition coefficient (Wildman–Crippen LogP) is 6.66. The second-order valence-electron chi connectivity index (χ2n) is 8.70. The Bertz CT molecular complexity index is 1510. The first kappa shape index (κ1) is 22.9. The number of fused-ring (bicyclic) bond motifs is 3. The quantitative estimate of drug-likeness (QED) is 0.358. The lowest BCUT2D eigenvalue weighted by molar-refractivity contribution is -0.138. The number of aromatic nitrogens is 2. The Morgan fingerprint density at radius 2 is 2.03 bits per heavy atom. The number of nitriles is 1. The highest BCUT2D eigenvalue weighted by molar-refractivity contribution is 5.94. The lowest BCUT2D eigenvalue weighted by atomic mass is 9.97. The Morgan fingerprint density at radius 1 is 1.20 bits per heavy atom. The molecule has 0 saturated heterocycles. The van der Waals surface area contributed by atoms with E-state index in [-0.39, 0.29) is 5.56 Å². The van der Waals surface area contributed by atoms with Crippen LogP contribution >= 0.6 is 0 Å². The molecule has 0 radical (unpaired) electrons. The van der Waals surface area contributed by atoms with Gasteiger partial charge in [-0.25, -0.2) is 4.98 Å². The fourth-order valence-corrected chi connectivity index (χ4v) is 4.71. The molecule has 0 amide bonds. The number of nitrogens with zero attached hydrogens (tertiary/aromatic N) is 3. The standard InChI is InChI=1S/C27H23F3N4O/c1-16-21(4-3-5-23(16)27(28,29)30)17(2)32-26-22-13-20(19-8-10-35-11-9-19)6-7-24(22)34-15-18(14-31)12-25(34)33-26/h3-8,12-13,15,17H,9-11H2,1-2H3,(H,32,33). The number of halogens is 3. The molecule has 1 aliphatic heterocycles. The van der Waals surface area contributed by atoms with Crippen LogP contribution in [0.15, 0.2) is 54.7 Å². The number of nitrogens with one attached hydrogen (secondary N) is 1. The van der Waals surface area contributed by atoms with E-state index in [1.165, 1.54) is 18.6 Å². The molecule has 8 heteroatoms. The van der Waals surface area contributed by atoms with E-state index in [0.29, 0.717) is 35.8 Å². The minimum absolute atomic E-state index is 0.188. The number of alkyl halides is 3. The molecule has 5 rings (SSSR count). The van der Waals surface area contributed by atoms with Crippen molar-refractivity contribution in [2.45, 2.75) is 32.5 Å². The van der Waals surface area contributed by atoms with Crippen LogP contribution in [0.1, 0.15) is 47.2 Å². The average molecular weight is 477 g/mol. The van der Waals surface area contributed by atoms with Gasteiger partial charge in [0.05, 0.1) is 35.9 Å². The molecule has 0 saturated carbocycles. The molecule has 35 heavy (non-hydrogen) atoms. The van der Waals surface area contributed by atoms with Crippen LogP contribution in [0.4, 0.5) is 19.0 Å². The minimum atomic E-state index is -4.42. The van der Waals surface area contributed by atoms with Gasteiger partial charge in [0.25, 0.3) is 0 Å². The summed E-state index contributed by atoms with van der Waals surface area (Å²) in [6.07, 6.45) is 0.172. The molecule has 4 aromatic rings. The fourth-order valence-electron chi connectivity index (χ4n) is 4.71. The Labute approximate surface area is 200 Å². The number of rotatable bonds is 4. The third kappa shape index (κ3) is 4.24. The molecule has 1 N–H and O–H groups in total. The Hall–Kier alpha value is -3.83. The molecule has 0 fully saturated rings. The normalized spacial score (nSPS) is 15.1. The van der Waals surface area contributed by atoms with Gasteiger partial charge in [-0.1, -0.05) is 24.3 Å². The van der Waals surface area contributed by atoms with Crippen LogP contribution in [0.25, 0.3) is 22.1 Å². The van der Waals surface area contributed by atoms with Crippen molar-refractivity contribution in [3.05, 3.63) is 82.6 Å². The van der Waals surface area contributed by atoms with Crippen molar-refractivity contribution in [3.63, 3.8) is 0 Å². The van der Waals surface area contributed by atoms with Crippen molar-refractivity contribution in [2.75, 3.05) is 18.5 Å². The van der Waals surface area contributed by atoms with Crippen molar-refractivity contribution in [1.29, 1.82) is 5.26 Å². The van der Waals surface area contributed by atoms with Crippen LogP contribution in [-0.2, 0) is 10.9 Å². The van der Waals surface area contributed by atoms with E-state index in [4.69, 9.17) is 9.72 Å². The van der Waals surface area contributed by atoms with Crippen LogP contribution in [0.2, 0.25) is 0 Å².